The van der Waals surface area contributed by atoms with Crippen molar-refractivity contribution in [3.8, 4) is 5.75 Å². The summed E-state index contributed by atoms with van der Waals surface area (Å²) in [5, 5.41) is 0.190. The number of halogens is 4. The monoisotopic (exact) mass is 223 g/mol. The molecule has 1 rings (SSSR count). The van der Waals surface area contributed by atoms with E-state index in [2.05, 4.69) is 4.74 Å². The van der Waals surface area contributed by atoms with Crippen molar-refractivity contribution in [2.24, 2.45) is 0 Å². The van der Waals surface area contributed by atoms with E-state index in [1.807, 2.05) is 0 Å². The zero-order chi connectivity index (χ0) is 10.8. The minimum atomic E-state index is -4.93. The Hall–Kier alpha value is -0.835. The Labute approximate surface area is 84.9 Å². The van der Waals surface area contributed by atoms with Gasteiger partial charge in [0.25, 0.3) is 0 Å². The van der Waals surface area contributed by atoms with E-state index in [0.29, 0.717) is 0 Å². The van der Waals surface area contributed by atoms with E-state index in [1.54, 1.807) is 13.0 Å². The Morgan fingerprint density at radius 3 is 2.57 bits per heavy atom. The van der Waals surface area contributed by atoms with Crippen LogP contribution in [0.2, 0.25) is 5.02 Å². The Kier molecular flexibility index (Phi) is 3.31. The third-order valence-electron chi connectivity index (χ3n) is 1.51. The van der Waals surface area contributed by atoms with Crippen LogP contribution in [0.4, 0.5) is 12.9 Å². The molecule has 0 aliphatic heterocycles. The van der Waals surface area contributed by atoms with Crippen molar-refractivity contribution in [3.05, 3.63) is 28.8 Å². The van der Waals surface area contributed by atoms with Gasteiger partial charge < -0.3 is 17.7 Å². The molecule has 0 fully saturated rings. The summed E-state index contributed by atoms with van der Waals surface area (Å²) >= 11 is 5.64. The minimum absolute atomic E-state index is 0.0749. The number of aryl methyl sites for hydroxylation is 1. The second-order valence-electron chi connectivity index (χ2n) is 2.96. The molecule has 0 aliphatic rings. The minimum Gasteiger partial charge on any atom is -0.520 e. The van der Waals surface area contributed by atoms with Crippen LogP contribution in [-0.2, 0) is 0 Å². The molecule has 6 heteroatoms. The van der Waals surface area contributed by atoms with Crippen molar-refractivity contribution >= 4 is 18.6 Å². The molecule has 0 amide bonds. The molecule has 0 atom stereocenters. The molecule has 0 unspecified atom stereocenters. The lowest BCUT2D eigenvalue weighted by Gasteiger charge is -2.16. The van der Waals surface area contributed by atoms with E-state index in [9.17, 15) is 12.9 Å². The molecule has 0 saturated heterocycles. The predicted molar refractivity (Wildman–Crippen MR) is 50.8 cm³/mol. The number of hydrogen-bond donors (Lipinski definition) is 0. The van der Waals surface area contributed by atoms with Gasteiger partial charge in [-0.15, -0.1) is 0 Å². The van der Waals surface area contributed by atoms with Crippen LogP contribution in [0.15, 0.2) is 18.2 Å². The fourth-order valence-corrected chi connectivity index (χ4v) is 1.08. The molecular weight excluding hydrogens is 215 g/mol. The van der Waals surface area contributed by atoms with Crippen LogP contribution in [0.5, 0.6) is 5.75 Å². The van der Waals surface area contributed by atoms with E-state index in [1.165, 1.54) is 12.1 Å². The van der Waals surface area contributed by atoms with Crippen LogP contribution < -0.4 is 4.74 Å². The van der Waals surface area contributed by atoms with Crippen LogP contribution in [0.25, 0.3) is 0 Å². The highest BCUT2D eigenvalue weighted by atomic mass is 35.5. The number of rotatable bonds is 3. The van der Waals surface area contributed by atoms with Gasteiger partial charge >= 0.3 is 6.98 Å². The average molecular weight is 223 g/mol. The van der Waals surface area contributed by atoms with Gasteiger partial charge in [0.1, 0.15) is 5.75 Å². The number of benzene rings is 1. The maximum absolute atomic E-state index is 11.9. The summed E-state index contributed by atoms with van der Waals surface area (Å²) in [5.41, 5.74) is 0.805. The van der Waals surface area contributed by atoms with Gasteiger partial charge in [0, 0.05) is 0 Å². The summed E-state index contributed by atoms with van der Waals surface area (Å²) in [7, 11) is 0. The van der Waals surface area contributed by atoms with Crippen molar-refractivity contribution in [1.82, 2.24) is 0 Å². The predicted octanol–water partition coefficient (Wildman–Crippen LogP) is 3.41. The van der Waals surface area contributed by atoms with Gasteiger partial charge in [-0.25, -0.2) is 0 Å². The van der Waals surface area contributed by atoms with Crippen molar-refractivity contribution in [3.63, 3.8) is 0 Å². The lowest BCUT2D eigenvalue weighted by atomic mass is 9.95. The standard InChI is InChI=1S/C8H8BClF3O/c1-6-2-3-7(10)8(4-6)14-5-9(11,12)13/h2-4H,5H2,1H3/q-1. The van der Waals surface area contributed by atoms with E-state index in [-0.39, 0.29) is 10.8 Å². The molecular formula is C8H8BClF3O-. The lowest BCUT2D eigenvalue weighted by molar-refractivity contribution is 0.313. The highest BCUT2D eigenvalue weighted by molar-refractivity contribution is 6.58. The van der Waals surface area contributed by atoms with Gasteiger partial charge in [-0.2, -0.15) is 0 Å². The Morgan fingerprint density at radius 1 is 1.36 bits per heavy atom. The third-order valence-corrected chi connectivity index (χ3v) is 1.83. The van der Waals surface area contributed by atoms with Crippen LogP contribution >= 0.6 is 11.6 Å². The topological polar surface area (TPSA) is 9.23 Å². The first-order chi connectivity index (χ1) is 6.38. The van der Waals surface area contributed by atoms with Crippen molar-refractivity contribution in [2.75, 3.05) is 6.51 Å². The highest BCUT2D eigenvalue weighted by Crippen LogP contribution is 2.26. The Balaban J connectivity index is 2.72. The summed E-state index contributed by atoms with van der Waals surface area (Å²) in [5.74, 6) is 0.0749. The molecule has 1 nitrogen and oxygen atoms in total. The fraction of sp³-hybridized carbons (Fsp3) is 0.250. The molecule has 0 heterocycles. The number of hydrogen-bond acceptors (Lipinski definition) is 1. The average Bonchev–Trinajstić information content (AvgIpc) is 2.05. The summed E-state index contributed by atoms with van der Waals surface area (Å²) in [4.78, 5) is 0. The zero-order valence-electron chi connectivity index (χ0n) is 7.44. The highest BCUT2D eigenvalue weighted by Gasteiger charge is 2.24. The van der Waals surface area contributed by atoms with Crippen LogP contribution in [-0.4, -0.2) is 13.5 Å². The summed E-state index contributed by atoms with van der Waals surface area (Å²) < 4.78 is 40.2. The van der Waals surface area contributed by atoms with E-state index in [4.69, 9.17) is 11.6 Å². The smallest absolute Gasteiger partial charge is 0.515 e. The Morgan fingerprint density at radius 2 is 2.00 bits per heavy atom. The molecule has 0 radical (unpaired) electrons. The van der Waals surface area contributed by atoms with E-state index in [0.717, 1.165) is 5.56 Å². The normalized spacial score (nSPS) is 11.5. The van der Waals surface area contributed by atoms with Crippen LogP contribution in [0.3, 0.4) is 0 Å². The number of ether oxygens (including phenoxy) is 1. The van der Waals surface area contributed by atoms with Crippen molar-refractivity contribution in [1.29, 1.82) is 0 Å². The largest absolute Gasteiger partial charge is 0.520 e. The molecule has 0 spiro atoms. The molecule has 1 aromatic rings. The molecule has 1 aromatic carbocycles. The van der Waals surface area contributed by atoms with E-state index >= 15 is 0 Å². The second-order valence-corrected chi connectivity index (χ2v) is 3.36. The molecule has 0 N–H and O–H groups in total. The van der Waals surface area contributed by atoms with Crippen LogP contribution in [0.1, 0.15) is 5.56 Å². The third kappa shape index (κ3) is 3.50. The van der Waals surface area contributed by atoms with Crippen molar-refractivity contribution < 1.29 is 17.7 Å². The van der Waals surface area contributed by atoms with Crippen molar-refractivity contribution in [2.45, 2.75) is 6.92 Å². The van der Waals surface area contributed by atoms with Crippen LogP contribution in [0, 0.1) is 6.92 Å². The lowest BCUT2D eigenvalue weighted by Crippen LogP contribution is -2.26. The molecule has 0 aliphatic carbocycles. The summed E-state index contributed by atoms with van der Waals surface area (Å²) in [6, 6.07) is 4.69. The zero-order valence-corrected chi connectivity index (χ0v) is 8.19. The maximum atomic E-state index is 11.9. The van der Waals surface area contributed by atoms with Gasteiger partial charge in [-0.3, -0.25) is 0 Å². The SMILES string of the molecule is Cc1ccc(Cl)c(OC[B-](F)(F)F)c1. The molecule has 0 aromatic heterocycles. The summed E-state index contributed by atoms with van der Waals surface area (Å²) in [6.07, 6.45) is 0. The molecule has 0 bridgehead atoms. The second kappa shape index (κ2) is 4.13. The first-order valence-corrected chi connectivity index (χ1v) is 4.36. The van der Waals surface area contributed by atoms with Gasteiger partial charge in [-0.1, -0.05) is 17.7 Å². The first kappa shape index (κ1) is 11.2. The summed E-state index contributed by atoms with van der Waals surface area (Å²) in [6.45, 7) is -4.44. The molecule has 78 valence electrons. The first-order valence-electron chi connectivity index (χ1n) is 3.98. The van der Waals surface area contributed by atoms with Gasteiger partial charge in [0.05, 0.1) is 11.5 Å². The Bertz CT molecular complexity index is 327. The quantitative estimate of drug-likeness (QED) is 0.714. The molecule has 0 saturated carbocycles. The fourth-order valence-electron chi connectivity index (χ4n) is 0.905. The van der Waals surface area contributed by atoms with Gasteiger partial charge in [0.15, 0.2) is 0 Å². The van der Waals surface area contributed by atoms with Gasteiger partial charge in [-0.05, 0) is 24.6 Å². The van der Waals surface area contributed by atoms with E-state index < -0.39 is 13.5 Å². The maximum Gasteiger partial charge on any atom is 0.515 e. The molecule has 14 heavy (non-hydrogen) atoms. The van der Waals surface area contributed by atoms with Gasteiger partial charge in [0.2, 0.25) is 0 Å².